The molecule has 188 valence electrons. The van der Waals surface area contributed by atoms with E-state index in [1.54, 1.807) is 6.07 Å². The predicted octanol–water partition coefficient (Wildman–Crippen LogP) is 8.36. The lowest BCUT2D eigenvalue weighted by Crippen LogP contribution is -2.42. The third-order valence-electron chi connectivity index (χ3n) is 6.49. The first-order valence-corrected chi connectivity index (χ1v) is 14.3. The molecule has 1 rings (SSSR count). The Bertz CT molecular complexity index is 670. The second kappa shape index (κ2) is 17.9. The van der Waals surface area contributed by atoms with Gasteiger partial charge in [0.15, 0.2) is 5.41 Å². The van der Waals surface area contributed by atoms with E-state index in [0.29, 0.717) is 25.2 Å². The first-order valence-electron chi connectivity index (χ1n) is 13.1. The van der Waals surface area contributed by atoms with Crippen molar-refractivity contribution in [1.82, 2.24) is 0 Å². The summed E-state index contributed by atoms with van der Waals surface area (Å²) in [6.45, 7) is 6.31. The van der Waals surface area contributed by atoms with Crippen LogP contribution < -0.4 is 4.74 Å². The number of benzene rings is 1. The molecule has 0 saturated heterocycles. The Morgan fingerprint density at radius 2 is 1.27 bits per heavy atom. The lowest BCUT2D eigenvalue weighted by atomic mass is 9.82. The summed E-state index contributed by atoms with van der Waals surface area (Å²) < 4.78 is 11.2. The molecule has 0 atom stereocenters. The zero-order valence-corrected chi connectivity index (χ0v) is 22.3. The van der Waals surface area contributed by atoms with Gasteiger partial charge in [-0.3, -0.25) is 9.59 Å². The number of para-hydroxylation sites is 1. The second-order valence-electron chi connectivity index (χ2n) is 8.85. The molecular weight excluding hydrogens is 432 g/mol. The van der Waals surface area contributed by atoms with E-state index < -0.39 is 17.4 Å². The van der Waals surface area contributed by atoms with Crippen LogP contribution >= 0.6 is 11.8 Å². The number of thioether (sulfide) groups is 1. The molecule has 0 fully saturated rings. The van der Waals surface area contributed by atoms with Gasteiger partial charge in [0.25, 0.3) is 0 Å². The van der Waals surface area contributed by atoms with Gasteiger partial charge in [0.2, 0.25) is 0 Å². The highest BCUT2D eigenvalue weighted by Gasteiger charge is 2.46. The van der Waals surface area contributed by atoms with Gasteiger partial charge in [-0.2, -0.15) is 0 Å². The second-order valence-corrected chi connectivity index (χ2v) is 9.70. The van der Waals surface area contributed by atoms with Gasteiger partial charge in [-0.25, -0.2) is 0 Å². The molecule has 0 aliphatic heterocycles. The van der Waals surface area contributed by atoms with Crippen molar-refractivity contribution in [3.63, 3.8) is 0 Å². The zero-order valence-electron chi connectivity index (χ0n) is 21.5. The average molecular weight is 479 g/mol. The van der Waals surface area contributed by atoms with Gasteiger partial charge in [0.1, 0.15) is 5.75 Å². The number of rotatable bonds is 19. The van der Waals surface area contributed by atoms with Crippen molar-refractivity contribution in [3.8, 4) is 5.75 Å². The summed E-state index contributed by atoms with van der Waals surface area (Å²) in [7, 11) is 0. The molecule has 1 aromatic rings. The van der Waals surface area contributed by atoms with Crippen LogP contribution in [0.15, 0.2) is 29.2 Å². The molecule has 0 aliphatic carbocycles. The Labute approximate surface area is 206 Å². The van der Waals surface area contributed by atoms with Crippen LogP contribution in [0.25, 0.3) is 0 Å². The minimum absolute atomic E-state index is 0.362. The summed E-state index contributed by atoms with van der Waals surface area (Å²) in [6, 6.07) is 7.39. The number of carbonyl (C=O) groups excluding carboxylic acids is 2. The van der Waals surface area contributed by atoms with Crippen molar-refractivity contribution in [1.29, 1.82) is 0 Å². The number of carbonyl (C=O) groups is 2. The minimum atomic E-state index is -1.25. The minimum Gasteiger partial charge on any atom is -0.465 e. The summed E-state index contributed by atoms with van der Waals surface area (Å²) >= 11 is 1.51. The Morgan fingerprint density at radius 3 is 1.79 bits per heavy atom. The molecule has 0 bridgehead atoms. The lowest BCUT2D eigenvalue weighted by molar-refractivity contribution is -0.168. The largest absolute Gasteiger partial charge is 0.465 e. The van der Waals surface area contributed by atoms with Crippen molar-refractivity contribution in [2.24, 2.45) is 5.41 Å². The highest BCUT2D eigenvalue weighted by atomic mass is 32.2. The molecule has 0 N–H and O–H groups in total. The van der Waals surface area contributed by atoms with Crippen molar-refractivity contribution < 1.29 is 19.1 Å². The maximum absolute atomic E-state index is 13.0. The fraction of sp³-hybridized carbons (Fsp3) is 0.714. The molecular formula is C28H46O4S. The topological polar surface area (TPSA) is 52.6 Å². The van der Waals surface area contributed by atoms with Crippen molar-refractivity contribution in [2.75, 3.05) is 12.9 Å². The third-order valence-corrected chi connectivity index (χ3v) is 7.27. The molecule has 0 saturated carbocycles. The van der Waals surface area contributed by atoms with Crippen LogP contribution in [-0.2, 0) is 14.3 Å². The van der Waals surface area contributed by atoms with Gasteiger partial charge in [0.05, 0.1) is 6.61 Å². The monoisotopic (exact) mass is 478 g/mol. The zero-order chi connectivity index (χ0) is 24.4. The fourth-order valence-corrected chi connectivity index (χ4v) is 4.58. The van der Waals surface area contributed by atoms with Gasteiger partial charge < -0.3 is 9.47 Å². The van der Waals surface area contributed by atoms with Crippen LogP contribution in [0.2, 0.25) is 0 Å². The van der Waals surface area contributed by atoms with E-state index in [1.165, 1.54) is 76.0 Å². The maximum atomic E-state index is 13.0. The first-order chi connectivity index (χ1) is 16.1. The van der Waals surface area contributed by atoms with Crippen molar-refractivity contribution in [3.05, 3.63) is 24.3 Å². The molecule has 0 aliphatic rings. The SMILES string of the molecule is CCCCCCCCCCCCCCOC(=O)C(CC)(CC)C(=O)Oc1ccccc1SC. The van der Waals surface area contributed by atoms with E-state index >= 15 is 0 Å². The molecule has 0 radical (unpaired) electrons. The van der Waals surface area contributed by atoms with Crippen LogP contribution in [0.1, 0.15) is 111 Å². The number of hydrogen-bond donors (Lipinski definition) is 0. The van der Waals surface area contributed by atoms with E-state index in [2.05, 4.69) is 6.92 Å². The van der Waals surface area contributed by atoms with E-state index in [0.717, 1.165) is 17.7 Å². The summed E-state index contributed by atoms with van der Waals surface area (Å²) in [5.74, 6) is -0.481. The molecule has 0 unspecified atom stereocenters. The first kappa shape index (κ1) is 29.5. The summed E-state index contributed by atoms with van der Waals surface area (Å²) in [5, 5.41) is 0. The molecule has 1 aromatic carbocycles. The Hall–Kier alpha value is -1.49. The Balaban J connectivity index is 2.32. The van der Waals surface area contributed by atoms with Crippen molar-refractivity contribution in [2.45, 2.75) is 116 Å². The fourth-order valence-electron chi connectivity index (χ4n) is 4.06. The molecule has 0 amide bonds. The van der Waals surface area contributed by atoms with Crippen LogP contribution in [0.3, 0.4) is 0 Å². The summed E-state index contributed by atoms with van der Waals surface area (Å²) in [6.07, 6.45) is 17.8. The number of ether oxygens (including phenoxy) is 2. The smallest absolute Gasteiger partial charge is 0.328 e. The number of hydrogen-bond acceptors (Lipinski definition) is 5. The van der Waals surface area contributed by atoms with Gasteiger partial charge in [-0.15, -0.1) is 11.8 Å². The van der Waals surface area contributed by atoms with Crippen LogP contribution in [0.4, 0.5) is 0 Å². The van der Waals surface area contributed by atoms with Crippen LogP contribution in [0, 0.1) is 5.41 Å². The van der Waals surface area contributed by atoms with Gasteiger partial charge in [-0.1, -0.05) is 104 Å². The normalized spacial score (nSPS) is 11.4. The highest BCUT2D eigenvalue weighted by molar-refractivity contribution is 7.98. The molecule has 0 heterocycles. The third kappa shape index (κ3) is 10.5. The molecule has 0 aromatic heterocycles. The molecule has 0 spiro atoms. The van der Waals surface area contributed by atoms with E-state index in [9.17, 15) is 9.59 Å². The van der Waals surface area contributed by atoms with Gasteiger partial charge in [0, 0.05) is 4.90 Å². The average Bonchev–Trinajstić information content (AvgIpc) is 2.83. The standard InChI is InChI=1S/C28H46O4S/c1-5-8-9-10-11-12-13-14-15-16-17-20-23-31-26(29)28(6-2,7-3)27(30)32-24-21-18-19-22-25(24)33-4/h18-19,21-22H,5-17,20,23H2,1-4H3. The summed E-state index contributed by atoms with van der Waals surface area (Å²) in [4.78, 5) is 26.8. The van der Waals surface area contributed by atoms with Gasteiger partial charge >= 0.3 is 11.9 Å². The maximum Gasteiger partial charge on any atom is 0.328 e. The van der Waals surface area contributed by atoms with E-state index in [1.807, 2.05) is 38.3 Å². The lowest BCUT2D eigenvalue weighted by Gasteiger charge is -2.27. The summed E-state index contributed by atoms with van der Waals surface area (Å²) in [5.41, 5.74) is -1.25. The molecule has 5 heteroatoms. The Morgan fingerprint density at radius 1 is 0.758 bits per heavy atom. The van der Waals surface area contributed by atoms with E-state index in [-0.39, 0.29) is 0 Å². The van der Waals surface area contributed by atoms with E-state index in [4.69, 9.17) is 9.47 Å². The van der Waals surface area contributed by atoms with Crippen LogP contribution in [0.5, 0.6) is 5.75 Å². The Kier molecular flexibility index (Phi) is 16.0. The quantitative estimate of drug-likeness (QED) is 0.0657. The van der Waals surface area contributed by atoms with Crippen LogP contribution in [-0.4, -0.2) is 24.8 Å². The number of esters is 2. The van der Waals surface area contributed by atoms with Crippen molar-refractivity contribution >= 4 is 23.7 Å². The number of unbranched alkanes of at least 4 members (excludes halogenated alkanes) is 11. The van der Waals surface area contributed by atoms with Gasteiger partial charge in [-0.05, 0) is 37.7 Å². The molecule has 33 heavy (non-hydrogen) atoms. The highest BCUT2D eigenvalue weighted by Crippen LogP contribution is 2.34. The predicted molar refractivity (Wildman–Crippen MR) is 139 cm³/mol. The molecule has 4 nitrogen and oxygen atoms in total.